The van der Waals surface area contributed by atoms with Crippen LogP contribution in [-0.2, 0) is 20.8 Å². The maximum Gasteiger partial charge on any atom is 0.407 e. The first kappa shape index (κ1) is 28.3. The molecule has 0 saturated carbocycles. The monoisotopic (exact) mass is 490 g/mol. The van der Waals surface area contributed by atoms with Crippen molar-refractivity contribution < 1.29 is 28.5 Å². The van der Waals surface area contributed by atoms with E-state index in [0.717, 1.165) is 12.1 Å². The summed E-state index contributed by atoms with van der Waals surface area (Å²) in [6.07, 6.45) is 3.57. The third kappa shape index (κ3) is 12.9. The van der Waals surface area contributed by atoms with Crippen LogP contribution in [0.2, 0.25) is 0 Å². The molecule has 2 aromatic rings. The van der Waals surface area contributed by atoms with E-state index in [2.05, 4.69) is 15.3 Å². The summed E-state index contributed by atoms with van der Waals surface area (Å²) in [6.45, 7) is 10.6. The molecule has 1 amide bonds. The maximum atomic E-state index is 11.7. The fraction of sp³-hybridized carbons (Fsp3) is 0.560. The van der Waals surface area contributed by atoms with Crippen molar-refractivity contribution in [1.29, 1.82) is 0 Å². The van der Waals surface area contributed by atoms with Crippen molar-refractivity contribution in [3.05, 3.63) is 48.0 Å². The zero-order chi connectivity index (χ0) is 25.5. The van der Waals surface area contributed by atoms with Gasteiger partial charge in [-0.05, 0) is 52.0 Å². The lowest BCUT2D eigenvalue weighted by Gasteiger charge is -2.19. The molecule has 194 valence electrons. The van der Waals surface area contributed by atoms with Gasteiger partial charge in [0.25, 0.3) is 0 Å². The number of rotatable bonds is 15. The molecule has 0 saturated heterocycles. The first-order valence-corrected chi connectivity index (χ1v) is 11.8. The van der Waals surface area contributed by atoms with Crippen LogP contribution in [0.1, 0.15) is 51.5 Å². The third-order valence-corrected chi connectivity index (χ3v) is 4.41. The molecule has 2 rings (SSSR count). The van der Waals surface area contributed by atoms with Crippen LogP contribution in [0, 0.1) is 0 Å². The summed E-state index contributed by atoms with van der Waals surface area (Å²) < 4.78 is 27.5. The van der Waals surface area contributed by atoms with Crippen molar-refractivity contribution in [2.24, 2.45) is 5.73 Å². The Labute approximate surface area is 207 Å². The molecule has 0 bridgehead atoms. The van der Waals surface area contributed by atoms with E-state index in [0.29, 0.717) is 56.8 Å². The van der Waals surface area contributed by atoms with E-state index in [9.17, 15) is 4.79 Å². The van der Waals surface area contributed by atoms with E-state index in [1.165, 1.54) is 0 Å². The lowest BCUT2D eigenvalue weighted by molar-refractivity contribution is 0.0331. The molecule has 2 heterocycles. The molecule has 3 N–H and O–H groups in total. The number of carbonyl (C=O) groups is 1. The third-order valence-electron chi connectivity index (χ3n) is 4.41. The molecule has 0 fully saturated rings. The van der Waals surface area contributed by atoms with E-state index in [1.807, 2.05) is 45.9 Å². The van der Waals surface area contributed by atoms with Gasteiger partial charge in [-0.3, -0.25) is 9.97 Å². The summed E-state index contributed by atoms with van der Waals surface area (Å²) >= 11 is 0. The molecular formula is C25H38N4O6. The fourth-order valence-corrected chi connectivity index (χ4v) is 2.72. The quantitative estimate of drug-likeness (QED) is 0.361. The van der Waals surface area contributed by atoms with Crippen LogP contribution in [-0.4, -0.2) is 61.3 Å². The lowest BCUT2D eigenvalue weighted by atomic mass is 10.2. The molecule has 35 heavy (non-hydrogen) atoms. The van der Waals surface area contributed by atoms with Gasteiger partial charge < -0.3 is 34.7 Å². The SMILES string of the molecule is C[C@H](N)c1ccc(OCCOCCOCCCOc2ccc(CNC(=O)OC(C)(C)C)nc2)cn1. The van der Waals surface area contributed by atoms with Gasteiger partial charge in [-0.25, -0.2) is 4.79 Å². The first-order valence-electron chi connectivity index (χ1n) is 11.8. The first-order chi connectivity index (χ1) is 16.7. The second-order valence-electron chi connectivity index (χ2n) is 8.82. The topological polar surface area (TPSA) is 127 Å². The minimum Gasteiger partial charge on any atom is -0.492 e. The van der Waals surface area contributed by atoms with Gasteiger partial charge in [0, 0.05) is 19.1 Å². The average molecular weight is 491 g/mol. The van der Waals surface area contributed by atoms with E-state index >= 15 is 0 Å². The fourth-order valence-electron chi connectivity index (χ4n) is 2.72. The Hall–Kier alpha value is -2.95. The summed E-state index contributed by atoms with van der Waals surface area (Å²) in [5.74, 6) is 1.35. The minimum atomic E-state index is -0.531. The molecule has 10 nitrogen and oxygen atoms in total. The van der Waals surface area contributed by atoms with Crippen LogP contribution in [0.4, 0.5) is 4.79 Å². The van der Waals surface area contributed by atoms with E-state index in [1.54, 1.807) is 18.5 Å². The number of nitrogens with two attached hydrogens (primary N) is 1. The summed E-state index contributed by atoms with van der Waals surface area (Å²) in [6, 6.07) is 7.24. The van der Waals surface area contributed by atoms with Crippen LogP contribution < -0.4 is 20.5 Å². The number of ether oxygens (including phenoxy) is 5. The predicted octanol–water partition coefficient (Wildman–Crippen LogP) is 3.40. The summed E-state index contributed by atoms with van der Waals surface area (Å²) in [5.41, 5.74) is 6.79. The minimum absolute atomic E-state index is 0.0937. The van der Waals surface area contributed by atoms with Gasteiger partial charge in [-0.2, -0.15) is 0 Å². The summed E-state index contributed by atoms with van der Waals surface area (Å²) in [4.78, 5) is 20.2. The largest absolute Gasteiger partial charge is 0.492 e. The zero-order valence-corrected chi connectivity index (χ0v) is 21.1. The number of carbonyl (C=O) groups excluding carboxylic acids is 1. The number of amides is 1. The molecule has 2 aromatic heterocycles. The number of aromatic nitrogens is 2. The Morgan fingerprint density at radius 2 is 1.54 bits per heavy atom. The number of alkyl carbamates (subject to hydrolysis) is 1. The zero-order valence-electron chi connectivity index (χ0n) is 21.1. The van der Waals surface area contributed by atoms with Gasteiger partial charge in [0.1, 0.15) is 23.7 Å². The maximum absolute atomic E-state index is 11.7. The van der Waals surface area contributed by atoms with E-state index in [-0.39, 0.29) is 12.6 Å². The summed E-state index contributed by atoms with van der Waals surface area (Å²) in [5, 5.41) is 2.67. The molecule has 0 aromatic carbocycles. The molecular weight excluding hydrogens is 452 g/mol. The highest BCUT2D eigenvalue weighted by Gasteiger charge is 2.15. The van der Waals surface area contributed by atoms with Crippen LogP contribution in [0.3, 0.4) is 0 Å². The highest BCUT2D eigenvalue weighted by Crippen LogP contribution is 2.13. The molecule has 10 heteroatoms. The van der Waals surface area contributed by atoms with Gasteiger partial charge in [-0.15, -0.1) is 0 Å². The van der Waals surface area contributed by atoms with Gasteiger partial charge in [-0.1, -0.05) is 0 Å². The number of hydrogen-bond acceptors (Lipinski definition) is 9. The normalized spacial score (nSPS) is 12.1. The van der Waals surface area contributed by atoms with Crippen molar-refractivity contribution in [1.82, 2.24) is 15.3 Å². The predicted molar refractivity (Wildman–Crippen MR) is 131 cm³/mol. The Balaban J connectivity index is 1.44. The Bertz CT molecular complexity index is 854. The van der Waals surface area contributed by atoms with Crippen LogP contribution >= 0.6 is 0 Å². The Morgan fingerprint density at radius 1 is 0.914 bits per heavy atom. The van der Waals surface area contributed by atoms with Crippen molar-refractivity contribution in [3.8, 4) is 11.5 Å². The van der Waals surface area contributed by atoms with E-state index in [4.69, 9.17) is 29.4 Å². The molecule has 0 unspecified atom stereocenters. The van der Waals surface area contributed by atoms with Crippen molar-refractivity contribution in [2.45, 2.75) is 52.3 Å². The molecule has 0 radical (unpaired) electrons. The van der Waals surface area contributed by atoms with E-state index < -0.39 is 11.7 Å². The van der Waals surface area contributed by atoms with Crippen LogP contribution in [0.15, 0.2) is 36.7 Å². The Kier molecular flexibility index (Phi) is 12.2. The van der Waals surface area contributed by atoms with Crippen LogP contribution in [0.25, 0.3) is 0 Å². The molecule has 0 aliphatic rings. The molecule has 0 spiro atoms. The Morgan fingerprint density at radius 3 is 2.14 bits per heavy atom. The summed E-state index contributed by atoms with van der Waals surface area (Å²) in [7, 11) is 0. The highest BCUT2D eigenvalue weighted by molar-refractivity contribution is 5.67. The highest BCUT2D eigenvalue weighted by atomic mass is 16.6. The smallest absolute Gasteiger partial charge is 0.407 e. The van der Waals surface area contributed by atoms with Crippen molar-refractivity contribution in [2.75, 3.05) is 39.6 Å². The van der Waals surface area contributed by atoms with Gasteiger partial charge >= 0.3 is 6.09 Å². The number of pyridine rings is 2. The number of nitrogens with zero attached hydrogens (tertiary/aromatic N) is 2. The van der Waals surface area contributed by atoms with Crippen molar-refractivity contribution in [3.63, 3.8) is 0 Å². The van der Waals surface area contributed by atoms with Gasteiger partial charge in [0.15, 0.2) is 0 Å². The molecule has 1 atom stereocenters. The molecule has 0 aliphatic carbocycles. The average Bonchev–Trinajstić information content (AvgIpc) is 2.81. The standard InChI is InChI=1S/C25H38N4O6/c1-19(26)23-9-8-22(18-28-23)34-15-14-32-13-12-31-10-5-11-33-21-7-6-20(27-17-21)16-29-24(30)35-25(2,3)4/h6-9,17-19H,5,10-16,26H2,1-4H3,(H,29,30)/t19-/m0/s1. The number of hydrogen-bond donors (Lipinski definition) is 2. The van der Waals surface area contributed by atoms with Crippen molar-refractivity contribution >= 4 is 6.09 Å². The molecule has 0 aliphatic heterocycles. The second kappa shape index (κ2) is 15.1. The van der Waals surface area contributed by atoms with Gasteiger partial charge in [0.05, 0.1) is 56.8 Å². The van der Waals surface area contributed by atoms with Crippen LogP contribution in [0.5, 0.6) is 11.5 Å². The number of nitrogens with one attached hydrogen (secondary N) is 1. The van der Waals surface area contributed by atoms with Gasteiger partial charge in [0.2, 0.25) is 0 Å². The lowest BCUT2D eigenvalue weighted by Crippen LogP contribution is -2.32. The second-order valence-corrected chi connectivity index (χ2v) is 8.82.